The molecule has 2 heterocycles. The van der Waals surface area contributed by atoms with Crippen molar-refractivity contribution in [2.75, 3.05) is 0 Å². The third-order valence-corrected chi connectivity index (χ3v) is 4.12. The fourth-order valence-corrected chi connectivity index (χ4v) is 3.17. The minimum Gasteiger partial charge on any atom is -0.387 e. The van der Waals surface area contributed by atoms with Crippen molar-refractivity contribution in [3.8, 4) is 6.07 Å². The van der Waals surface area contributed by atoms with Gasteiger partial charge >= 0.3 is 0 Å². The van der Waals surface area contributed by atoms with E-state index in [1.807, 2.05) is 26.1 Å². The monoisotopic (exact) mass is 256 g/mol. The maximum absolute atomic E-state index is 10.2. The van der Waals surface area contributed by atoms with E-state index in [2.05, 4.69) is 11.1 Å². The van der Waals surface area contributed by atoms with Gasteiger partial charge < -0.3 is 9.84 Å². The van der Waals surface area contributed by atoms with E-state index in [1.54, 1.807) is 12.3 Å². The minimum atomic E-state index is -0.738. The van der Waals surface area contributed by atoms with E-state index in [-0.39, 0.29) is 0 Å². The van der Waals surface area contributed by atoms with Crippen LogP contribution in [0.25, 0.3) is 0 Å². The van der Waals surface area contributed by atoms with Crippen LogP contribution in [-0.2, 0) is 16.9 Å². The molecule has 1 aromatic heterocycles. The number of nitriles is 1. The highest BCUT2D eigenvalue weighted by atomic mass is 16.5. The maximum Gasteiger partial charge on any atom is 0.114 e. The molecule has 4 heteroatoms. The standard InChI is InChI=1S/C15H16N2O2/c1-14(2)9-15(5-10(6-16)13(14)18)12-3-4-17-7-11(12)8-19-15/h3-5,7,13,18H,8-9H2,1-2H3. The highest BCUT2D eigenvalue weighted by molar-refractivity contribution is 5.44. The Morgan fingerprint density at radius 1 is 1.53 bits per heavy atom. The van der Waals surface area contributed by atoms with E-state index in [0.29, 0.717) is 18.6 Å². The lowest BCUT2D eigenvalue weighted by molar-refractivity contribution is -0.0654. The molecular weight excluding hydrogens is 240 g/mol. The van der Waals surface area contributed by atoms with Crippen LogP contribution in [-0.4, -0.2) is 16.2 Å². The second-order valence-corrected chi connectivity index (χ2v) is 5.99. The summed E-state index contributed by atoms with van der Waals surface area (Å²) in [7, 11) is 0. The zero-order valence-electron chi connectivity index (χ0n) is 11.1. The van der Waals surface area contributed by atoms with E-state index >= 15 is 0 Å². The molecule has 0 saturated heterocycles. The average Bonchev–Trinajstić information content (AvgIpc) is 2.73. The molecule has 1 aliphatic carbocycles. The summed E-state index contributed by atoms with van der Waals surface area (Å²) in [5, 5.41) is 19.5. The first-order valence-corrected chi connectivity index (χ1v) is 6.37. The van der Waals surface area contributed by atoms with Crippen LogP contribution in [0.3, 0.4) is 0 Å². The Kier molecular flexibility index (Phi) is 2.53. The van der Waals surface area contributed by atoms with Gasteiger partial charge in [-0.15, -0.1) is 0 Å². The van der Waals surface area contributed by atoms with E-state index in [4.69, 9.17) is 4.74 Å². The van der Waals surface area contributed by atoms with Gasteiger partial charge in [0.05, 0.1) is 24.4 Å². The molecular formula is C15H16N2O2. The van der Waals surface area contributed by atoms with Crippen molar-refractivity contribution in [3.63, 3.8) is 0 Å². The normalized spacial score (nSPS) is 31.7. The average molecular weight is 256 g/mol. The van der Waals surface area contributed by atoms with E-state index < -0.39 is 17.1 Å². The van der Waals surface area contributed by atoms with Crippen LogP contribution in [0.2, 0.25) is 0 Å². The molecule has 0 saturated carbocycles. The van der Waals surface area contributed by atoms with Gasteiger partial charge in [0.1, 0.15) is 5.60 Å². The molecule has 1 N–H and O–H groups in total. The number of aliphatic hydroxyl groups is 1. The third kappa shape index (κ3) is 1.70. The predicted octanol–water partition coefficient (Wildman–Crippen LogP) is 2.05. The smallest absolute Gasteiger partial charge is 0.114 e. The lowest BCUT2D eigenvalue weighted by Crippen LogP contribution is -2.43. The topological polar surface area (TPSA) is 66.1 Å². The van der Waals surface area contributed by atoms with Gasteiger partial charge in [-0.1, -0.05) is 13.8 Å². The zero-order valence-corrected chi connectivity index (χ0v) is 11.1. The second kappa shape index (κ2) is 3.89. The molecule has 98 valence electrons. The van der Waals surface area contributed by atoms with Crippen molar-refractivity contribution in [2.24, 2.45) is 5.41 Å². The SMILES string of the molecule is CC1(C)CC2(C=C(C#N)C1O)OCc1cnccc12. The van der Waals surface area contributed by atoms with E-state index in [9.17, 15) is 10.4 Å². The molecule has 0 aromatic carbocycles. The van der Waals surface area contributed by atoms with Gasteiger partial charge in [0, 0.05) is 18.0 Å². The molecule has 0 bridgehead atoms. The van der Waals surface area contributed by atoms with Crippen molar-refractivity contribution in [1.82, 2.24) is 4.98 Å². The van der Waals surface area contributed by atoms with Crippen LogP contribution in [0.4, 0.5) is 0 Å². The Hall–Kier alpha value is -1.70. The van der Waals surface area contributed by atoms with Crippen LogP contribution in [0.5, 0.6) is 0 Å². The highest BCUT2D eigenvalue weighted by Crippen LogP contribution is 2.50. The molecule has 2 atom stereocenters. The summed E-state index contributed by atoms with van der Waals surface area (Å²) >= 11 is 0. The molecule has 3 rings (SSSR count). The van der Waals surface area contributed by atoms with Crippen molar-refractivity contribution in [1.29, 1.82) is 5.26 Å². The number of rotatable bonds is 0. The second-order valence-electron chi connectivity index (χ2n) is 5.99. The molecule has 19 heavy (non-hydrogen) atoms. The fraction of sp³-hybridized carbons (Fsp3) is 0.467. The Bertz CT molecular complexity index is 600. The van der Waals surface area contributed by atoms with Crippen molar-refractivity contribution < 1.29 is 9.84 Å². The number of fused-ring (bicyclic) bond motifs is 2. The summed E-state index contributed by atoms with van der Waals surface area (Å²) in [6, 6.07) is 4.05. The number of hydrogen-bond donors (Lipinski definition) is 1. The number of pyridine rings is 1. The molecule has 1 spiro atoms. The molecule has 1 aromatic rings. The van der Waals surface area contributed by atoms with Gasteiger partial charge in [0.15, 0.2) is 0 Å². The van der Waals surface area contributed by atoms with Gasteiger partial charge in [0.2, 0.25) is 0 Å². The van der Waals surface area contributed by atoms with Crippen molar-refractivity contribution in [3.05, 3.63) is 41.2 Å². The zero-order chi connectivity index (χ0) is 13.7. The van der Waals surface area contributed by atoms with Gasteiger partial charge in [-0.25, -0.2) is 0 Å². The summed E-state index contributed by atoms with van der Waals surface area (Å²) in [4.78, 5) is 4.11. The number of aromatic nitrogens is 1. The Morgan fingerprint density at radius 3 is 3.05 bits per heavy atom. The molecule has 2 unspecified atom stereocenters. The lowest BCUT2D eigenvalue weighted by Gasteiger charge is -2.42. The summed E-state index contributed by atoms with van der Waals surface area (Å²) in [6.07, 6.45) is 5.26. The quantitative estimate of drug-likeness (QED) is 0.771. The van der Waals surface area contributed by atoms with Gasteiger partial charge in [-0.3, -0.25) is 4.98 Å². The van der Waals surface area contributed by atoms with Crippen LogP contribution in [0.1, 0.15) is 31.4 Å². The predicted molar refractivity (Wildman–Crippen MR) is 68.8 cm³/mol. The largest absolute Gasteiger partial charge is 0.387 e. The Balaban J connectivity index is 2.17. The van der Waals surface area contributed by atoms with Crippen LogP contribution in [0.15, 0.2) is 30.1 Å². The molecule has 0 radical (unpaired) electrons. The van der Waals surface area contributed by atoms with Crippen LogP contribution >= 0.6 is 0 Å². The maximum atomic E-state index is 10.2. The fourth-order valence-electron chi connectivity index (χ4n) is 3.17. The van der Waals surface area contributed by atoms with E-state index in [1.165, 1.54) is 0 Å². The van der Waals surface area contributed by atoms with Gasteiger partial charge in [-0.2, -0.15) is 5.26 Å². The summed E-state index contributed by atoms with van der Waals surface area (Å²) in [5.41, 5.74) is 1.52. The molecule has 0 fully saturated rings. The van der Waals surface area contributed by atoms with Crippen LogP contribution in [0, 0.1) is 16.7 Å². The number of nitrogens with zero attached hydrogens (tertiary/aromatic N) is 2. The minimum absolute atomic E-state index is 0.390. The molecule has 0 amide bonds. The highest BCUT2D eigenvalue weighted by Gasteiger charge is 2.49. The number of hydrogen-bond acceptors (Lipinski definition) is 4. The first kappa shape index (κ1) is 12.3. The van der Waals surface area contributed by atoms with Gasteiger partial charge in [0.25, 0.3) is 0 Å². The first-order chi connectivity index (χ1) is 8.98. The van der Waals surface area contributed by atoms with E-state index in [0.717, 1.165) is 11.1 Å². The first-order valence-electron chi connectivity index (χ1n) is 6.37. The van der Waals surface area contributed by atoms with Crippen LogP contribution < -0.4 is 0 Å². The molecule has 1 aliphatic heterocycles. The van der Waals surface area contributed by atoms with Crippen molar-refractivity contribution >= 4 is 0 Å². The summed E-state index contributed by atoms with van der Waals surface area (Å²) in [6.45, 7) is 4.43. The Morgan fingerprint density at radius 2 is 2.32 bits per heavy atom. The summed E-state index contributed by atoms with van der Waals surface area (Å²) < 4.78 is 5.99. The Labute approximate surface area is 112 Å². The third-order valence-electron chi connectivity index (χ3n) is 4.12. The van der Waals surface area contributed by atoms with Gasteiger partial charge in [-0.05, 0) is 29.5 Å². The molecule has 2 aliphatic rings. The lowest BCUT2D eigenvalue weighted by atomic mass is 9.67. The number of aliphatic hydroxyl groups excluding tert-OH is 1. The van der Waals surface area contributed by atoms with Crippen molar-refractivity contribution in [2.45, 2.75) is 38.6 Å². The number of ether oxygens (including phenoxy) is 1. The summed E-state index contributed by atoms with van der Waals surface area (Å²) in [5.74, 6) is 0. The molecule has 4 nitrogen and oxygen atoms in total.